The standard InChI is InChI=1S/C7H4BF6NO2/c9-6(10,11)3-1-15-2-4(7(12,13)14)5(3)8(16)17/h1-2,16-17H. The summed E-state index contributed by atoms with van der Waals surface area (Å²) >= 11 is 0. The third kappa shape index (κ3) is 2.89. The van der Waals surface area contributed by atoms with Crippen molar-refractivity contribution in [1.29, 1.82) is 0 Å². The molecule has 10 heteroatoms. The van der Waals surface area contributed by atoms with Crippen LogP contribution in [0.25, 0.3) is 0 Å². The molecule has 0 aliphatic carbocycles. The van der Waals surface area contributed by atoms with Crippen LogP contribution in [0.1, 0.15) is 11.1 Å². The van der Waals surface area contributed by atoms with Gasteiger partial charge in [-0.05, 0) is 0 Å². The summed E-state index contributed by atoms with van der Waals surface area (Å²) in [6.45, 7) is 0. The summed E-state index contributed by atoms with van der Waals surface area (Å²) in [6, 6.07) is 0. The zero-order chi connectivity index (χ0) is 13.4. The SMILES string of the molecule is OB(O)c1c(C(F)(F)F)cncc1C(F)(F)F. The first kappa shape index (κ1) is 13.8. The minimum absolute atomic E-state index is 0.101. The first-order chi connectivity index (χ1) is 7.55. The molecule has 0 amide bonds. The van der Waals surface area contributed by atoms with Crippen molar-refractivity contribution in [3.05, 3.63) is 23.5 Å². The second kappa shape index (κ2) is 4.19. The normalized spacial score (nSPS) is 12.7. The van der Waals surface area contributed by atoms with Gasteiger partial charge in [0.2, 0.25) is 0 Å². The fourth-order valence-electron chi connectivity index (χ4n) is 1.20. The van der Waals surface area contributed by atoms with Gasteiger partial charge in [0.05, 0.1) is 11.1 Å². The van der Waals surface area contributed by atoms with Gasteiger partial charge in [0.1, 0.15) is 0 Å². The maximum absolute atomic E-state index is 12.3. The van der Waals surface area contributed by atoms with Gasteiger partial charge in [-0.25, -0.2) is 0 Å². The number of pyridine rings is 1. The molecule has 17 heavy (non-hydrogen) atoms. The quantitative estimate of drug-likeness (QED) is 0.579. The van der Waals surface area contributed by atoms with E-state index in [0.717, 1.165) is 0 Å². The van der Waals surface area contributed by atoms with E-state index < -0.39 is 36.1 Å². The number of nitrogens with zero attached hydrogens (tertiary/aromatic N) is 1. The van der Waals surface area contributed by atoms with Crippen molar-refractivity contribution in [3.63, 3.8) is 0 Å². The topological polar surface area (TPSA) is 53.4 Å². The molecule has 0 atom stereocenters. The number of alkyl halides is 6. The van der Waals surface area contributed by atoms with Gasteiger partial charge >= 0.3 is 19.5 Å². The molecule has 0 fully saturated rings. The van der Waals surface area contributed by atoms with Gasteiger partial charge in [0.15, 0.2) is 0 Å². The number of halogens is 6. The summed E-state index contributed by atoms with van der Waals surface area (Å²) in [5.41, 5.74) is -5.32. The van der Waals surface area contributed by atoms with E-state index >= 15 is 0 Å². The second-order valence-corrected chi connectivity index (χ2v) is 3.02. The van der Waals surface area contributed by atoms with Crippen LogP contribution in [0.2, 0.25) is 0 Å². The van der Waals surface area contributed by atoms with Gasteiger partial charge < -0.3 is 10.0 Å². The fraction of sp³-hybridized carbons (Fsp3) is 0.286. The minimum atomic E-state index is -5.16. The monoisotopic (exact) mass is 259 g/mol. The van der Waals surface area contributed by atoms with Crippen molar-refractivity contribution in [3.8, 4) is 0 Å². The highest BCUT2D eigenvalue weighted by Gasteiger charge is 2.44. The van der Waals surface area contributed by atoms with E-state index in [-0.39, 0.29) is 12.4 Å². The van der Waals surface area contributed by atoms with E-state index in [1.807, 2.05) is 0 Å². The van der Waals surface area contributed by atoms with E-state index in [1.165, 1.54) is 0 Å². The van der Waals surface area contributed by atoms with Crippen molar-refractivity contribution in [2.24, 2.45) is 0 Å². The Morgan fingerprint density at radius 2 is 1.24 bits per heavy atom. The molecule has 0 aliphatic heterocycles. The molecule has 94 valence electrons. The Bertz CT molecular complexity index is 384. The van der Waals surface area contributed by atoms with Crippen LogP contribution in [-0.4, -0.2) is 22.2 Å². The summed E-state index contributed by atoms with van der Waals surface area (Å²) in [4.78, 5) is 2.80. The molecule has 1 aromatic heterocycles. The molecule has 1 aromatic rings. The largest absolute Gasteiger partial charge is 0.489 e. The van der Waals surface area contributed by atoms with Gasteiger partial charge in [-0.15, -0.1) is 0 Å². The number of hydrogen-bond donors (Lipinski definition) is 2. The number of rotatable bonds is 1. The lowest BCUT2D eigenvalue weighted by Gasteiger charge is -2.17. The molecule has 0 bridgehead atoms. The van der Waals surface area contributed by atoms with Crippen molar-refractivity contribution in [1.82, 2.24) is 4.98 Å². The van der Waals surface area contributed by atoms with Crippen molar-refractivity contribution in [2.45, 2.75) is 12.4 Å². The van der Waals surface area contributed by atoms with Crippen LogP contribution in [0, 0.1) is 0 Å². The predicted octanol–water partition coefficient (Wildman–Crippen LogP) is 0.799. The zero-order valence-corrected chi connectivity index (χ0v) is 7.84. The Morgan fingerprint density at radius 3 is 1.47 bits per heavy atom. The summed E-state index contributed by atoms with van der Waals surface area (Å²) in [5.74, 6) is 0. The van der Waals surface area contributed by atoms with Gasteiger partial charge in [-0.1, -0.05) is 0 Å². The van der Waals surface area contributed by atoms with Crippen molar-refractivity contribution in [2.75, 3.05) is 0 Å². The van der Waals surface area contributed by atoms with Gasteiger partial charge in [-0.3, -0.25) is 4.98 Å². The molecule has 3 nitrogen and oxygen atoms in total. The summed E-state index contributed by atoms with van der Waals surface area (Å²) in [7, 11) is -2.90. The van der Waals surface area contributed by atoms with E-state index in [9.17, 15) is 26.3 Å². The molecule has 0 radical (unpaired) electrons. The van der Waals surface area contributed by atoms with Crippen LogP contribution in [0.5, 0.6) is 0 Å². The van der Waals surface area contributed by atoms with Crippen molar-refractivity contribution < 1.29 is 36.4 Å². The Morgan fingerprint density at radius 1 is 0.882 bits per heavy atom. The van der Waals surface area contributed by atoms with Crippen LogP contribution in [-0.2, 0) is 12.4 Å². The highest BCUT2D eigenvalue weighted by Crippen LogP contribution is 2.33. The van der Waals surface area contributed by atoms with Crippen LogP contribution < -0.4 is 5.46 Å². The molecule has 0 aliphatic rings. The molecule has 0 saturated heterocycles. The molecule has 1 rings (SSSR count). The van der Waals surface area contributed by atoms with Crippen LogP contribution >= 0.6 is 0 Å². The summed E-state index contributed by atoms with van der Waals surface area (Å²) in [5, 5.41) is 17.3. The summed E-state index contributed by atoms with van der Waals surface area (Å²) < 4.78 is 74.1. The summed E-state index contributed by atoms with van der Waals surface area (Å²) in [6.07, 6.45) is -10.1. The average molecular weight is 259 g/mol. The Labute approximate surface area is 90.9 Å². The second-order valence-electron chi connectivity index (χ2n) is 3.02. The Kier molecular flexibility index (Phi) is 3.39. The molecular formula is C7H4BF6NO2. The molecule has 0 saturated carbocycles. The first-order valence-electron chi connectivity index (χ1n) is 4.03. The van der Waals surface area contributed by atoms with Gasteiger partial charge in [0.25, 0.3) is 0 Å². The number of hydrogen-bond acceptors (Lipinski definition) is 3. The maximum Gasteiger partial charge on any atom is 0.489 e. The van der Waals surface area contributed by atoms with Crippen molar-refractivity contribution >= 4 is 12.6 Å². The maximum atomic E-state index is 12.3. The van der Waals surface area contributed by atoms with E-state index in [1.54, 1.807) is 0 Å². The zero-order valence-electron chi connectivity index (χ0n) is 7.84. The Balaban J connectivity index is 3.55. The van der Waals surface area contributed by atoms with Crippen LogP contribution in [0.15, 0.2) is 12.4 Å². The lowest BCUT2D eigenvalue weighted by molar-refractivity contribution is -0.142. The Hall–Kier alpha value is -1.29. The van der Waals surface area contributed by atoms with Crippen LogP contribution in [0.4, 0.5) is 26.3 Å². The number of aromatic nitrogens is 1. The van der Waals surface area contributed by atoms with Crippen LogP contribution in [0.3, 0.4) is 0 Å². The molecule has 0 unspecified atom stereocenters. The van der Waals surface area contributed by atoms with Gasteiger partial charge in [0, 0.05) is 17.9 Å². The third-order valence-electron chi connectivity index (χ3n) is 1.86. The fourth-order valence-corrected chi connectivity index (χ4v) is 1.20. The molecule has 1 heterocycles. The molecule has 0 spiro atoms. The first-order valence-corrected chi connectivity index (χ1v) is 4.03. The molecular weight excluding hydrogens is 255 g/mol. The van der Waals surface area contributed by atoms with E-state index in [2.05, 4.69) is 4.98 Å². The lowest BCUT2D eigenvalue weighted by atomic mass is 9.74. The lowest BCUT2D eigenvalue weighted by Crippen LogP contribution is -2.41. The molecule has 2 N–H and O–H groups in total. The van der Waals surface area contributed by atoms with Gasteiger partial charge in [-0.2, -0.15) is 26.3 Å². The van der Waals surface area contributed by atoms with E-state index in [0.29, 0.717) is 0 Å². The molecule has 0 aromatic carbocycles. The third-order valence-corrected chi connectivity index (χ3v) is 1.86. The highest BCUT2D eigenvalue weighted by molar-refractivity contribution is 6.59. The predicted molar refractivity (Wildman–Crippen MR) is 44.1 cm³/mol. The minimum Gasteiger partial charge on any atom is -0.423 e. The smallest absolute Gasteiger partial charge is 0.423 e. The van der Waals surface area contributed by atoms with E-state index in [4.69, 9.17) is 10.0 Å². The highest BCUT2D eigenvalue weighted by atomic mass is 19.4. The average Bonchev–Trinajstić information content (AvgIpc) is 2.13.